The van der Waals surface area contributed by atoms with Crippen LogP contribution in [0.3, 0.4) is 0 Å². The second-order valence-electron chi connectivity index (χ2n) is 5.61. The number of aryl methyl sites for hydroxylation is 2. The van der Waals surface area contributed by atoms with Crippen LogP contribution in [0.15, 0.2) is 34.9 Å². The molecule has 2 aromatic rings. The predicted molar refractivity (Wildman–Crippen MR) is 82.1 cm³/mol. The van der Waals surface area contributed by atoms with Crippen molar-refractivity contribution in [1.29, 1.82) is 0 Å². The minimum absolute atomic E-state index is 0.421. The number of aromatic nitrogens is 1. The zero-order chi connectivity index (χ0) is 14.5. The van der Waals surface area contributed by atoms with Crippen LogP contribution in [0.4, 0.5) is 0 Å². The van der Waals surface area contributed by atoms with Crippen molar-refractivity contribution < 1.29 is 4.52 Å². The maximum Gasteiger partial charge on any atom is 0.137 e. The fraction of sp³-hybridized carbons (Fsp3) is 0.471. The fourth-order valence-electron chi connectivity index (χ4n) is 2.71. The highest BCUT2D eigenvalue weighted by molar-refractivity contribution is 5.25. The maximum atomic E-state index is 5.24. The molecule has 108 valence electrons. The first-order valence-corrected chi connectivity index (χ1v) is 7.28. The van der Waals surface area contributed by atoms with Gasteiger partial charge in [-0.15, -0.1) is 0 Å². The maximum absolute atomic E-state index is 5.24. The zero-order valence-corrected chi connectivity index (χ0v) is 12.8. The summed E-state index contributed by atoms with van der Waals surface area (Å²) in [6, 6.07) is 10.6. The van der Waals surface area contributed by atoms with E-state index in [1.165, 1.54) is 11.1 Å². The first-order valence-electron chi connectivity index (χ1n) is 7.28. The lowest BCUT2D eigenvalue weighted by molar-refractivity contribution is 0.391. The second kappa shape index (κ2) is 6.71. The van der Waals surface area contributed by atoms with E-state index in [4.69, 9.17) is 4.52 Å². The Morgan fingerprint density at radius 3 is 2.30 bits per heavy atom. The van der Waals surface area contributed by atoms with Crippen LogP contribution in [0.1, 0.15) is 48.3 Å². The van der Waals surface area contributed by atoms with Crippen molar-refractivity contribution in [2.45, 2.75) is 39.5 Å². The average Bonchev–Trinajstić information content (AvgIpc) is 2.79. The van der Waals surface area contributed by atoms with Gasteiger partial charge in [-0.05, 0) is 31.2 Å². The monoisotopic (exact) mass is 272 g/mol. The third kappa shape index (κ3) is 3.48. The number of hydrogen-bond acceptors (Lipinski definition) is 3. The van der Waals surface area contributed by atoms with Crippen LogP contribution in [-0.4, -0.2) is 18.2 Å². The van der Waals surface area contributed by atoms with Crippen molar-refractivity contribution in [2.24, 2.45) is 0 Å². The molecule has 1 heterocycles. The van der Waals surface area contributed by atoms with Gasteiger partial charge in [0.15, 0.2) is 0 Å². The molecule has 1 aromatic carbocycles. The fourth-order valence-corrected chi connectivity index (χ4v) is 2.71. The molecule has 2 rings (SSSR count). The Labute approximate surface area is 121 Å². The number of nitrogens with zero attached hydrogens (tertiary/aromatic N) is 1. The van der Waals surface area contributed by atoms with E-state index in [1.807, 2.05) is 13.8 Å². The van der Waals surface area contributed by atoms with Gasteiger partial charge in [0, 0.05) is 18.7 Å². The van der Waals surface area contributed by atoms with E-state index < -0.39 is 0 Å². The Bertz CT molecular complexity index is 514. The SMILES string of the molecule is Cc1noc(C)c1[C@H](C)CNC[C@H](C)c1ccccc1. The molecule has 0 unspecified atom stereocenters. The van der Waals surface area contributed by atoms with Gasteiger partial charge in [-0.3, -0.25) is 0 Å². The number of nitrogens with one attached hydrogen (secondary N) is 1. The van der Waals surface area contributed by atoms with Crippen molar-refractivity contribution >= 4 is 0 Å². The summed E-state index contributed by atoms with van der Waals surface area (Å²) < 4.78 is 5.24. The van der Waals surface area contributed by atoms with Gasteiger partial charge in [0.1, 0.15) is 5.76 Å². The first kappa shape index (κ1) is 14.8. The number of hydrogen-bond donors (Lipinski definition) is 1. The van der Waals surface area contributed by atoms with Crippen molar-refractivity contribution in [3.05, 3.63) is 52.9 Å². The molecule has 0 saturated carbocycles. The van der Waals surface area contributed by atoms with Crippen molar-refractivity contribution in [2.75, 3.05) is 13.1 Å². The van der Waals surface area contributed by atoms with Crippen LogP contribution in [0.25, 0.3) is 0 Å². The van der Waals surface area contributed by atoms with E-state index in [1.54, 1.807) is 0 Å². The molecule has 2 atom stereocenters. The normalized spacial score (nSPS) is 14.2. The topological polar surface area (TPSA) is 38.1 Å². The van der Waals surface area contributed by atoms with Crippen LogP contribution in [0.2, 0.25) is 0 Å². The molecule has 0 bridgehead atoms. The highest BCUT2D eigenvalue weighted by Gasteiger charge is 2.16. The van der Waals surface area contributed by atoms with E-state index in [-0.39, 0.29) is 0 Å². The molecule has 1 N–H and O–H groups in total. The van der Waals surface area contributed by atoms with E-state index in [9.17, 15) is 0 Å². The average molecular weight is 272 g/mol. The first-order chi connectivity index (χ1) is 9.59. The van der Waals surface area contributed by atoms with Gasteiger partial charge in [0.05, 0.1) is 5.69 Å². The molecule has 0 fully saturated rings. The molecule has 20 heavy (non-hydrogen) atoms. The van der Waals surface area contributed by atoms with Gasteiger partial charge < -0.3 is 9.84 Å². The molecule has 0 saturated heterocycles. The molecule has 0 amide bonds. The Hall–Kier alpha value is -1.61. The van der Waals surface area contributed by atoms with Crippen LogP contribution in [0.5, 0.6) is 0 Å². The van der Waals surface area contributed by atoms with Gasteiger partial charge in [0.25, 0.3) is 0 Å². The van der Waals surface area contributed by atoms with Crippen molar-refractivity contribution in [3.8, 4) is 0 Å². The predicted octanol–water partition coefficient (Wildman–Crippen LogP) is 3.79. The third-order valence-electron chi connectivity index (χ3n) is 3.85. The van der Waals surface area contributed by atoms with E-state index >= 15 is 0 Å². The van der Waals surface area contributed by atoms with Crippen LogP contribution < -0.4 is 5.32 Å². The molecule has 0 aliphatic rings. The zero-order valence-electron chi connectivity index (χ0n) is 12.8. The molecule has 0 spiro atoms. The summed E-state index contributed by atoms with van der Waals surface area (Å²) in [6.07, 6.45) is 0. The minimum atomic E-state index is 0.421. The Morgan fingerprint density at radius 1 is 1.05 bits per heavy atom. The lowest BCUT2D eigenvalue weighted by Crippen LogP contribution is -2.25. The Morgan fingerprint density at radius 2 is 1.70 bits per heavy atom. The van der Waals surface area contributed by atoms with Crippen molar-refractivity contribution in [3.63, 3.8) is 0 Å². The smallest absolute Gasteiger partial charge is 0.137 e. The number of benzene rings is 1. The summed E-state index contributed by atoms with van der Waals surface area (Å²) >= 11 is 0. The third-order valence-corrected chi connectivity index (χ3v) is 3.85. The molecule has 3 heteroatoms. The Balaban J connectivity index is 1.84. The standard InChI is InChI=1S/C17H24N2O/c1-12(16-8-6-5-7-9-16)10-18-11-13(2)17-14(3)19-20-15(17)4/h5-9,12-13,18H,10-11H2,1-4H3/t12-,13+/m0/s1. The van der Waals surface area contributed by atoms with Crippen LogP contribution in [0, 0.1) is 13.8 Å². The summed E-state index contributed by atoms with van der Waals surface area (Å²) in [4.78, 5) is 0. The summed E-state index contributed by atoms with van der Waals surface area (Å²) in [6.45, 7) is 10.4. The largest absolute Gasteiger partial charge is 0.361 e. The van der Waals surface area contributed by atoms with Crippen LogP contribution in [-0.2, 0) is 0 Å². The molecular weight excluding hydrogens is 248 g/mol. The summed E-state index contributed by atoms with van der Waals surface area (Å²) in [7, 11) is 0. The molecule has 1 aromatic heterocycles. The van der Waals surface area contributed by atoms with E-state index in [0.717, 1.165) is 24.5 Å². The van der Waals surface area contributed by atoms with E-state index in [2.05, 4.69) is 54.7 Å². The van der Waals surface area contributed by atoms with Crippen molar-refractivity contribution in [1.82, 2.24) is 10.5 Å². The Kier molecular flexibility index (Phi) is 4.96. The van der Waals surface area contributed by atoms with Crippen LogP contribution >= 0.6 is 0 Å². The minimum Gasteiger partial charge on any atom is -0.361 e. The molecule has 0 aliphatic carbocycles. The highest BCUT2D eigenvalue weighted by Crippen LogP contribution is 2.22. The number of rotatable bonds is 6. The molecule has 3 nitrogen and oxygen atoms in total. The van der Waals surface area contributed by atoms with Gasteiger partial charge in [-0.2, -0.15) is 0 Å². The van der Waals surface area contributed by atoms with E-state index in [0.29, 0.717) is 11.8 Å². The summed E-state index contributed by atoms with van der Waals surface area (Å²) in [5.74, 6) is 1.88. The lowest BCUT2D eigenvalue weighted by Gasteiger charge is -2.16. The molecule has 0 radical (unpaired) electrons. The quantitative estimate of drug-likeness (QED) is 0.869. The van der Waals surface area contributed by atoms with Gasteiger partial charge >= 0.3 is 0 Å². The highest BCUT2D eigenvalue weighted by atomic mass is 16.5. The summed E-state index contributed by atoms with van der Waals surface area (Å²) in [5, 5.41) is 7.58. The van der Waals surface area contributed by atoms with Gasteiger partial charge in [-0.25, -0.2) is 0 Å². The summed E-state index contributed by atoms with van der Waals surface area (Å²) in [5.41, 5.74) is 3.63. The molecular formula is C17H24N2O. The second-order valence-corrected chi connectivity index (χ2v) is 5.61. The lowest BCUT2D eigenvalue weighted by atomic mass is 9.98. The van der Waals surface area contributed by atoms with Gasteiger partial charge in [0.2, 0.25) is 0 Å². The van der Waals surface area contributed by atoms with Gasteiger partial charge in [-0.1, -0.05) is 49.3 Å². The molecule has 0 aliphatic heterocycles.